The molecule has 2 aliphatic rings. The molecule has 68 valence electrons. The van der Waals surface area contributed by atoms with Crippen molar-refractivity contribution < 1.29 is 9.53 Å². The molecule has 0 N–H and O–H groups in total. The molecule has 0 fully saturated rings. The molecule has 3 heteroatoms. The van der Waals surface area contributed by atoms with Crippen LogP contribution >= 0.6 is 12.6 Å². The van der Waals surface area contributed by atoms with E-state index in [1.807, 2.05) is 18.2 Å². The van der Waals surface area contributed by atoms with Gasteiger partial charge in [0, 0.05) is 5.57 Å². The average molecular weight is 194 g/mol. The molecule has 2 nitrogen and oxygen atoms in total. The highest BCUT2D eigenvalue weighted by atomic mass is 32.1. The summed E-state index contributed by atoms with van der Waals surface area (Å²) in [5.74, 6) is -0.282. The number of hydrogen-bond donors (Lipinski definition) is 1. The van der Waals surface area contributed by atoms with Gasteiger partial charge in [0.15, 0.2) is 4.93 Å². The fourth-order valence-corrected chi connectivity index (χ4v) is 1.78. The summed E-state index contributed by atoms with van der Waals surface area (Å²) in [6.07, 6.45) is 8.50. The summed E-state index contributed by atoms with van der Waals surface area (Å²) in [6, 6.07) is 0. The summed E-state index contributed by atoms with van der Waals surface area (Å²) in [5.41, 5.74) is 1.49. The number of cyclic esters (lactones) is 1. The van der Waals surface area contributed by atoms with E-state index in [2.05, 4.69) is 12.6 Å². The molecule has 0 amide bonds. The van der Waals surface area contributed by atoms with E-state index in [1.165, 1.54) is 0 Å². The van der Waals surface area contributed by atoms with Gasteiger partial charge in [0.2, 0.25) is 0 Å². The lowest BCUT2D eigenvalue weighted by molar-refractivity contribution is -0.140. The number of carbonyl (C=O) groups is 1. The van der Waals surface area contributed by atoms with E-state index in [9.17, 15) is 4.79 Å². The van der Waals surface area contributed by atoms with Gasteiger partial charge in [0.05, 0.1) is 5.57 Å². The predicted molar refractivity (Wildman–Crippen MR) is 53.4 cm³/mol. The smallest absolute Gasteiger partial charge is 0.340 e. The van der Waals surface area contributed by atoms with Gasteiger partial charge in [-0.15, -0.1) is 12.6 Å². The molecule has 0 bridgehead atoms. The lowest BCUT2D eigenvalue weighted by Crippen LogP contribution is -2.18. The number of rotatable bonds is 0. The third kappa shape index (κ3) is 1.33. The Labute approximate surface area is 82.4 Å². The van der Waals surface area contributed by atoms with Crippen molar-refractivity contribution >= 4 is 18.6 Å². The highest BCUT2D eigenvalue weighted by molar-refractivity contribution is 7.81. The van der Waals surface area contributed by atoms with Gasteiger partial charge in [0.1, 0.15) is 0 Å². The summed E-state index contributed by atoms with van der Waals surface area (Å²) in [7, 11) is 0. The van der Waals surface area contributed by atoms with Crippen LogP contribution in [0.1, 0.15) is 13.3 Å². The van der Waals surface area contributed by atoms with Crippen LogP contribution in [0.15, 0.2) is 35.5 Å². The molecule has 0 spiro atoms. The van der Waals surface area contributed by atoms with E-state index < -0.39 is 4.93 Å². The fraction of sp³-hybridized carbons (Fsp3) is 0.300. The molecule has 13 heavy (non-hydrogen) atoms. The number of thiol groups is 1. The number of esters is 1. The van der Waals surface area contributed by atoms with Crippen molar-refractivity contribution in [2.24, 2.45) is 0 Å². The van der Waals surface area contributed by atoms with Crippen molar-refractivity contribution in [2.45, 2.75) is 18.3 Å². The van der Waals surface area contributed by atoms with Crippen LogP contribution in [0, 0.1) is 0 Å². The van der Waals surface area contributed by atoms with E-state index in [-0.39, 0.29) is 5.97 Å². The molecule has 0 aromatic heterocycles. The second-order valence-corrected chi connectivity index (χ2v) is 4.09. The normalized spacial score (nSPS) is 31.7. The van der Waals surface area contributed by atoms with E-state index in [0.29, 0.717) is 5.57 Å². The highest BCUT2D eigenvalue weighted by Gasteiger charge is 2.38. The van der Waals surface area contributed by atoms with Gasteiger partial charge in [-0.1, -0.05) is 24.3 Å². The van der Waals surface area contributed by atoms with Gasteiger partial charge in [-0.3, -0.25) is 0 Å². The third-order valence-electron chi connectivity index (χ3n) is 2.14. The van der Waals surface area contributed by atoms with Crippen LogP contribution in [0.5, 0.6) is 0 Å². The second kappa shape index (κ2) is 2.77. The van der Waals surface area contributed by atoms with Gasteiger partial charge in [-0.05, 0) is 13.3 Å². The Balaban J connectivity index is 2.55. The van der Waals surface area contributed by atoms with E-state index in [4.69, 9.17) is 4.74 Å². The van der Waals surface area contributed by atoms with Crippen LogP contribution in [0.3, 0.4) is 0 Å². The minimum Gasteiger partial charge on any atom is -0.440 e. The Bertz CT molecular complexity index is 348. The van der Waals surface area contributed by atoms with Crippen molar-refractivity contribution in [2.75, 3.05) is 0 Å². The number of hydrogen-bond acceptors (Lipinski definition) is 3. The van der Waals surface area contributed by atoms with E-state index >= 15 is 0 Å². The second-order valence-electron chi connectivity index (χ2n) is 3.24. The summed E-state index contributed by atoms with van der Waals surface area (Å²) < 4.78 is 5.10. The van der Waals surface area contributed by atoms with Crippen molar-refractivity contribution in [1.82, 2.24) is 0 Å². The first-order valence-electron chi connectivity index (χ1n) is 4.15. The zero-order valence-electron chi connectivity index (χ0n) is 7.28. The largest absolute Gasteiger partial charge is 0.440 e. The standard InChI is InChI=1S/C10H10O2S/c1-10(13)8-6-4-2-3-5-7(8)9(11)12-10/h3-6,13H,2H2,1H3. The molecule has 0 aromatic rings. The third-order valence-corrected chi connectivity index (χ3v) is 2.47. The maximum absolute atomic E-state index is 11.4. The summed E-state index contributed by atoms with van der Waals surface area (Å²) in [5, 5.41) is 0. The molecule has 1 heterocycles. The Morgan fingerprint density at radius 1 is 1.46 bits per heavy atom. The summed E-state index contributed by atoms with van der Waals surface area (Å²) in [4.78, 5) is 10.6. The first-order valence-corrected chi connectivity index (χ1v) is 4.59. The maximum Gasteiger partial charge on any atom is 0.340 e. The zero-order valence-corrected chi connectivity index (χ0v) is 8.17. The van der Waals surface area contributed by atoms with Gasteiger partial charge >= 0.3 is 5.97 Å². The Kier molecular flexibility index (Phi) is 1.84. The molecule has 1 aliphatic carbocycles. The van der Waals surface area contributed by atoms with Crippen molar-refractivity contribution in [3.63, 3.8) is 0 Å². The zero-order chi connectivity index (χ0) is 9.47. The van der Waals surface area contributed by atoms with Crippen molar-refractivity contribution in [3.8, 4) is 0 Å². The van der Waals surface area contributed by atoms with Crippen LogP contribution in [-0.2, 0) is 9.53 Å². The first-order chi connectivity index (χ1) is 6.11. The maximum atomic E-state index is 11.4. The summed E-state index contributed by atoms with van der Waals surface area (Å²) >= 11 is 4.29. The Hall–Kier alpha value is -0.960. The average Bonchev–Trinajstić information content (AvgIpc) is 2.28. The van der Waals surface area contributed by atoms with Crippen molar-refractivity contribution in [3.05, 3.63) is 35.5 Å². The molecule has 1 aliphatic heterocycles. The number of carbonyl (C=O) groups excluding carboxylic acids is 1. The van der Waals surface area contributed by atoms with Crippen LogP contribution in [0.4, 0.5) is 0 Å². The topological polar surface area (TPSA) is 26.3 Å². The Morgan fingerprint density at radius 3 is 2.92 bits per heavy atom. The fourth-order valence-electron chi connectivity index (χ4n) is 1.50. The lowest BCUT2D eigenvalue weighted by Gasteiger charge is -2.17. The van der Waals surface area contributed by atoms with Crippen LogP contribution in [0.25, 0.3) is 0 Å². The van der Waals surface area contributed by atoms with Crippen LogP contribution in [0.2, 0.25) is 0 Å². The monoisotopic (exact) mass is 194 g/mol. The lowest BCUT2D eigenvalue weighted by atomic mass is 10.1. The molecule has 0 aromatic carbocycles. The summed E-state index contributed by atoms with van der Waals surface area (Å²) in [6.45, 7) is 1.78. The molecule has 1 unspecified atom stereocenters. The highest BCUT2D eigenvalue weighted by Crippen LogP contribution is 2.37. The van der Waals surface area contributed by atoms with Crippen molar-refractivity contribution in [1.29, 1.82) is 0 Å². The van der Waals surface area contributed by atoms with E-state index in [0.717, 1.165) is 12.0 Å². The minimum atomic E-state index is -0.766. The van der Waals surface area contributed by atoms with Crippen LogP contribution < -0.4 is 0 Å². The molecule has 2 rings (SSSR count). The van der Waals surface area contributed by atoms with Gasteiger partial charge in [-0.2, -0.15) is 0 Å². The Morgan fingerprint density at radius 2 is 2.15 bits per heavy atom. The minimum absolute atomic E-state index is 0.282. The molecular weight excluding hydrogens is 184 g/mol. The molecule has 0 radical (unpaired) electrons. The molecule has 1 atom stereocenters. The number of ether oxygens (including phenoxy) is 1. The predicted octanol–water partition coefficient (Wildman–Crippen LogP) is 2.00. The SMILES string of the molecule is CC1(S)OC(=O)C2=C1C=CCC=C2. The van der Waals surface area contributed by atoms with Gasteiger partial charge in [0.25, 0.3) is 0 Å². The van der Waals surface area contributed by atoms with Gasteiger partial charge in [-0.25, -0.2) is 4.79 Å². The first kappa shape index (κ1) is 8.63. The quantitative estimate of drug-likeness (QED) is 0.471. The number of allylic oxidation sites excluding steroid dienone is 2. The molecular formula is C10H10O2S. The van der Waals surface area contributed by atoms with Crippen LogP contribution in [-0.4, -0.2) is 10.9 Å². The van der Waals surface area contributed by atoms with E-state index in [1.54, 1.807) is 13.0 Å². The van der Waals surface area contributed by atoms with Gasteiger partial charge < -0.3 is 4.74 Å². The molecule has 0 saturated carbocycles. The molecule has 0 saturated heterocycles.